The second-order valence-electron chi connectivity index (χ2n) is 5.53. The van der Waals surface area contributed by atoms with Gasteiger partial charge in [0.25, 0.3) is 5.91 Å². The number of methoxy groups -OCH3 is 1. The van der Waals surface area contributed by atoms with Gasteiger partial charge in [-0.3, -0.25) is 9.78 Å². The van der Waals surface area contributed by atoms with Gasteiger partial charge in [0, 0.05) is 32.6 Å². The molecule has 0 radical (unpaired) electrons. The van der Waals surface area contributed by atoms with Crippen LogP contribution in [0.4, 0.5) is 5.82 Å². The van der Waals surface area contributed by atoms with Crippen LogP contribution in [-0.2, 0) is 11.3 Å². The highest BCUT2D eigenvalue weighted by Gasteiger charge is 2.15. The van der Waals surface area contributed by atoms with Crippen molar-refractivity contribution in [3.8, 4) is 11.5 Å². The van der Waals surface area contributed by atoms with Gasteiger partial charge in [-0.05, 0) is 35.9 Å². The first-order valence-electron chi connectivity index (χ1n) is 8.23. The fourth-order valence-corrected chi connectivity index (χ4v) is 2.39. The fourth-order valence-electron chi connectivity index (χ4n) is 2.39. The maximum atomic E-state index is 12.5. The van der Waals surface area contributed by atoms with Crippen molar-refractivity contribution in [2.75, 3.05) is 25.6 Å². The van der Waals surface area contributed by atoms with E-state index in [2.05, 4.69) is 20.6 Å². The highest BCUT2D eigenvalue weighted by molar-refractivity contribution is 5.99. The summed E-state index contributed by atoms with van der Waals surface area (Å²) in [6.45, 7) is 1.38. The predicted octanol–water partition coefficient (Wildman–Crippen LogP) is 2.72. The number of carbonyl (C=O) groups excluding carboxylic acids is 1. The lowest BCUT2D eigenvalue weighted by atomic mass is 10.2. The molecule has 0 aliphatic carbocycles. The number of ether oxygens (including phenoxy) is 1. The summed E-state index contributed by atoms with van der Waals surface area (Å²) in [5.41, 5.74) is 2.10. The molecule has 0 saturated heterocycles. The molecule has 3 heterocycles. The SMILES string of the molecule is COCCNC(=O)c1ccc(-c2ccco2)nc1NCc1cccnc1. The second kappa shape index (κ2) is 8.77. The van der Waals surface area contributed by atoms with Crippen molar-refractivity contribution in [1.82, 2.24) is 15.3 Å². The molecule has 3 aromatic rings. The lowest BCUT2D eigenvalue weighted by Crippen LogP contribution is -2.28. The number of nitrogens with one attached hydrogen (secondary N) is 2. The van der Waals surface area contributed by atoms with Crippen LogP contribution < -0.4 is 10.6 Å². The van der Waals surface area contributed by atoms with Crippen LogP contribution in [0.25, 0.3) is 11.5 Å². The van der Waals surface area contributed by atoms with Gasteiger partial charge >= 0.3 is 0 Å². The summed E-state index contributed by atoms with van der Waals surface area (Å²) in [5.74, 6) is 0.910. The molecule has 1 amide bonds. The second-order valence-corrected chi connectivity index (χ2v) is 5.53. The summed E-state index contributed by atoms with van der Waals surface area (Å²) in [7, 11) is 1.59. The van der Waals surface area contributed by atoms with E-state index in [9.17, 15) is 4.79 Å². The van der Waals surface area contributed by atoms with E-state index in [0.717, 1.165) is 5.56 Å². The first kappa shape index (κ1) is 17.6. The summed E-state index contributed by atoms with van der Waals surface area (Å²) in [6, 6.07) is 10.9. The number of hydrogen-bond donors (Lipinski definition) is 2. The van der Waals surface area contributed by atoms with Gasteiger partial charge in [-0.25, -0.2) is 4.98 Å². The van der Waals surface area contributed by atoms with Crippen LogP contribution in [0.15, 0.2) is 59.5 Å². The van der Waals surface area contributed by atoms with Gasteiger partial charge in [0.05, 0.1) is 18.4 Å². The summed E-state index contributed by atoms with van der Waals surface area (Å²) >= 11 is 0. The van der Waals surface area contributed by atoms with Crippen molar-refractivity contribution in [3.63, 3.8) is 0 Å². The Morgan fingerprint density at radius 3 is 2.88 bits per heavy atom. The normalized spacial score (nSPS) is 10.5. The average Bonchev–Trinajstić information content (AvgIpc) is 3.22. The van der Waals surface area contributed by atoms with Crippen molar-refractivity contribution < 1.29 is 13.9 Å². The predicted molar refractivity (Wildman–Crippen MR) is 97.7 cm³/mol. The lowest BCUT2D eigenvalue weighted by molar-refractivity contribution is 0.0937. The van der Waals surface area contributed by atoms with E-state index >= 15 is 0 Å². The number of pyridine rings is 2. The van der Waals surface area contributed by atoms with Crippen LogP contribution in [0, 0.1) is 0 Å². The first-order chi connectivity index (χ1) is 12.8. The van der Waals surface area contributed by atoms with E-state index in [4.69, 9.17) is 9.15 Å². The average molecular weight is 352 g/mol. The van der Waals surface area contributed by atoms with Crippen molar-refractivity contribution in [1.29, 1.82) is 0 Å². The largest absolute Gasteiger partial charge is 0.463 e. The van der Waals surface area contributed by atoms with Gasteiger partial charge in [-0.15, -0.1) is 0 Å². The topological polar surface area (TPSA) is 89.3 Å². The minimum atomic E-state index is -0.214. The van der Waals surface area contributed by atoms with Crippen molar-refractivity contribution >= 4 is 11.7 Å². The molecule has 7 heteroatoms. The lowest BCUT2D eigenvalue weighted by Gasteiger charge is -2.12. The van der Waals surface area contributed by atoms with E-state index < -0.39 is 0 Å². The molecule has 0 aliphatic heterocycles. The molecule has 0 unspecified atom stereocenters. The minimum Gasteiger partial charge on any atom is -0.463 e. The summed E-state index contributed by atoms with van der Waals surface area (Å²) in [6.07, 6.45) is 5.07. The van der Waals surface area contributed by atoms with E-state index in [1.54, 1.807) is 44.0 Å². The van der Waals surface area contributed by atoms with E-state index in [1.165, 1.54) is 0 Å². The third-order valence-corrected chi connectivity index (χ3v) is 3.69. The van der Waals surface area contributed by atoms with Crippen molar-refractivity contribution in [2.45, 2.75) is 6.54 Å². The number of rotatable bonds is 8. The van der Waals surface area contributed by atoms with Gasteiger partial charge in [0.2, 0.25) is 0 Å². The number of furan rings is 1. The molecule has 0 aromatic carbocycles. The molecule has 3 rings (SSSR count). The van der Waals surface area contributed by atoms with Crippen LogP contribution in [-0.4, -0.2) is 36.1 Å². The Hall–Kier alpha value is -3.19. The highest BCUT2D eigenvalue weighted by atomic mass is 16.5. The third kappa shape index (κ3) is 4.46. The van der Waals surface area contributed by atoms with Crippen LogP contribution in [0.3, 0.4) is 0 Å². The fraction of sp³-hybridized carbons (Fsp3) is 0.211. The minimum absolute atomic E-state index is 0.214. The van der Waals surface area contributed by atoms with Crippen LogP contribution in [0.2, 0.25) is 0 Å². The number of anilines is 1. The maximum absolute atomic E-state index is 12.5. The number of hydrogen-bond acceptors (Lipinski definition) is 6. The van der Waals surface area contributed by atoms with Gasteiger partial charge < -0.3 is 19.8 Å². The zero-order chi connectivity index (χ0) is 18.2. The molecule has 0 aliphatic rings. The van der Waals surface area contributed by atoms with Gasteiger partial charge in [-0.2, -0.15) is 0 Å². The number of carbonyl (C=O) groups is 1. The van der Waals surface area contributed by atoms with Gasteiger partial charge in [0.15, 0.2) is 5.76 Å². The zero-order valence-electron chi connectivity index (χ0n) is 14.4. The Kier molecular flexibility index (Phi) is 5.95. The van der Waals surface area contributed by atoms with E-state index in [1.807, 2.05) is 18.2 Å². The molecule has 0 bridgehead atoms. The molecule has 0 fully saturated rings. The van der Waals surface area contributed by atoms with Crippen LogP contribution in [0.5, 0.6) is 0 Å². The summed E-state index contributed by atoms with van der Waals surface area (Å²) < 4.78 is 10.4. The third-order valence-electron chi connectivity index (χ3n) is 3.69. The van der Waals surface area contributed by atoms with Crippen molar-refractivity contribution in [2.24, 2.45) is 0 Å². The Morgan fingerprint density at radius 2 is 2.15 bits per heavy atom. The van der Waals surface area contributed by atoms with E-state index in [0.29, 0.717) is 42.5 Å². The zero-order valence-corrected chi connectivity index (χ0v) is 14.4. The van der Waals surface area contributed by atoms with Crippen LogP contribution >= 0.6 is 0 Å². The molecular weight excluding hydrogens is 332 g/mol. The van der Waals surface area contributed by atoms with Crippen LogP contribution in [0.1, 0.15) is 15.9 Å². The standard InChI is InChI=1S/C19H20N4O3/c1-25-11-9-21-19(24)15-6-7-16(17-5-3-10-26-17)23-18(15)22-13-14-4-2-8-20-12-14/h2-8,10,12H,9,11,13H2,1H3,(H,21,24)(H,22,23). The monoisotopic (exact) mass is 352 g/mol. The number of aromatic nitrogens is 2. The molecule has 0 saturated carbocycles. The molecule has 134 valence electrons. The smallest absolute Gasteiger partial charge is 0.255 e. The Morgan fingerprint density at radius 1 is 1.23 bits per heavy atom. The molecule has 26 heavy (non-hydrogen) atoms. The number of amides is 1. The molecule has 2 N–H and O–H groups in total. The van der Waals surface area contributed by atoms with Gasteiger partial charge in [0.1, 0.15) is 11.5 Å². The summed E-state index contributed by atoms with van der Waals surface area (Å²) in [4.78, 5) is 21.1. The molecule has 3 aromatic heterocycles. The molecule has 0 atom stereocenters. The van der Waals surface area contributed by atoms with Crippen molar-refractivity contribution in [3.05, 3.63) is 66.2 Å². The first-order valence-corrected chi connectivity index (χ1v) is 8.23. The molecule has 7 nitrogen and oxygen atoms in total. The number of nitrogens with zero attached hydrogens (tertiary/aromatic N) is 2. The van der Waals surface area contributed by atoms with Gasteiger partial charge in [-0.1, -0.05) is 6.07 Å². The Bertz CT molecular complexity index is 835. The highest BCUT2D eigenvalue weighted by Crippen LogP contribution is 2.22. The Balaban J connectivity index is 1.83. The molecular formula is C19H20N4O3. The van der Waals surface area contributed by atoms with E-state index in [-0.39, 0.29) is 5.91 Å². The Labute approximate surface area is 151 Å². The molecule has 0 spiro atoms. The maximum Gasteiger partial charge on any atom is 0.255 e. The quantitative estimate of drug-likeness (QED) is 0.606. The summed E-state index contributed by atoms with van der Waals surface area (Å²) in [5, 5.41) is 6.03.